The summed E-state index contributed by atoms with van der Waals surface area (Å²) in [6.07, 6.45) is -1.64. The molecule has 5 heteroatoms. The van der Waals surface area contributed by atoms with Gasteiger partial charge in [-0.3, -0.25) is 4.79 Å². The van der Waals surface area contributed by atoms with Gasteiger partial charge >= 0.3 is 0 Å². The van der Waals surface area contributed by atoms with Crippen molar-refractivity contribution < 1.29 is 13.9 Å². The highest BCUT2D eigenvalue weighted by Gasteiger charge is 2.16. The number of benzene rings is 1. The topological polar surface area (TPSA) is 52.3 Å². The summed E-state index contributed by atoms with van der Waals surface area (Å²) in [4.78, 5) is 10.9. The van der Waals surface area contributed by atoms with Gasteiger partial charge in [0.1, 0.15) is 0 Å². The Morgan fingerprint density at radius 3 is 2.79 bits per heavy atom. The van der Waals surface area contributed by atoms with Gasteiger partial charge in [-0.2, -0.15) is 0 Å². The third-order valence-corrected chi connectivity index (χ3v) is 2.22. The lowest BCUT2D eigenvalue weighted by Gasteiger charge is -2.10. The van der Waals surface area contributed by atoms with Crippen LogP contribution in [0.2, 0.25) is 0 Å². The number of alkyl halides is 1. The molecule has 14 heavy (non-hydrogen) atoms. The summed E-state index contributed by atoms with van der Waals surface area (Å²) in [6, 6.07) is 4.54. The summed E-state index contributed by atoms with van der Waals surface area (Å²) >= 11 is 3.17. The molecule has 0 aliphatic carbocycles. The molecule has 1 aromatic rings. The fourth-order valence-corrected chi connectivity index (χ4v) is 1.45. The molecule has 0 aromatic heterocycles. The number of ether oxygens (including phenoxy) is 1. The van der Waals surface area contributed by atoms with Gasteiger partial charge in [-0.1, -0.05) is 15.9 Å². The standard InChI is InChI=1S/C9H9BrFNO2/c1-14-8(11)7-4-5(10)2-3-6(7)9(12)13/h2-4,8H,1H3,(H2,12,13). The van der Waals surface area contributed by atoms with E-state index in [1.165, 1.54) is 19.2 Å². The van der Waals surface area contributed by atoms with Crippen molar-refractivity contribution in [1.29, 1.82) is 0 Å². The van der Waals surface area contributed by atoms with Crippen LogP contribution in [0.1, 0.15) is 22.3 Å². The van der Waals surface area contributed by atoms with Crippen molar-refractivity contribution in [3.8, 4) is 0 Å². The Balaban J connectivity index is 3.22. The average Bonchev–Trinajstić information content (AvgIpc) is 2.16. The van der Waals surface area contributed by atoms with Crippen molar-refractivity contribution in [1.82, 2.24) is 0 Å². The zero-order chi connectivity index (χ0) is 10.7. The van der Waals surface area contributed by atoms with E-state index >= 15 is 0 Å². The first-order chi connectivity index (χ1) is 6.56. The molecule has 0 heterocycles. The van der Waals surface area contributed by atoms with E-state index < -0.39 is 12.3 Å². The van der Waals surface area contributed by atoms with Gasteiger partial charge in [0.2, 0.25) is 12.3 Å². The number of rotatable bonds is 3. The average molecular weight is 262 g/mol. The van der Waals surface area contributed by atoms with E-state index in [1.54, 1.807) is 6.07 Å². The highest BCUT2D eigenvalue weighted by molar-refractivity contribution is 9.10. The second-order valence-corrected chi connectivity index (χ2v) is 3.56. The predicted octanol–water partition coefficient (Wildman–Crippen LogP) is 2.16. The summed E-state index contributed by atoms with van der Waals surface area (Å²) in [5.41, 5.74) is 5.34. The second-order valence-electron chi connectivity index (χ2n) is 2.65. The minimum Gasteiger partial charge on any atom is -0.366 e. The highest BCUT2D eigenvalue weighted by Crippen LogP contribution is 2.25. The first-order valence-corrected chi connectivity index (χ1v) is 4.61. The maximum Gasteiger partial charge on any atom is 0.249 e. The van der Waals surface area contributed by atoms with Crippen LogP contribution >= 0.6 is 15.9 Å². The number of hydrogen-bond acceptors (Lipinski definition) is 2. The Morgan fingerprint density at radius 1 is 1.64 bits per heavy atom. The zero-order valence-corrected chi connectivity index (χ0v) is 9.05. The number of nitrogens with two attached hydrogens (primary N) is 1. The lowest BCUT2D eigenvalue weighted by Crippen LogP contribution is -2.15. The molecule has 2 N–H and O–H groups in total. The van der Waals surface area contributed by atoms with Crippen LogP contribution in [0.5, 0.6) is 0 Å². The van der Waals surface area contributed by atoms with Crippen molar-refractivity contribution in [2.45, 2.75) is 6.36 Å². The van der Waals surface area contributed by atoms with Gasteiger partial charge in [-0.05, 0) is 18.2 Å². The molecule has 1 unspecified atom stereocenters. The number of halogens is 2. The first-order valence-electron chi connectivity index (χ1n) is 3.82. The molecule has 3 nitrogen and oxygen atoms in total. The van der Waals surface area contributed by atoms with Crippen LogP contribution < -0.4 is 5.73 Å². The van der Waals surface area contributed by atoms with Gasteiger partial charge in [-0.15, -0.1) is 0 Å². The van der Waals surface area contributed by atoms with Crippen LogP contribution in [0.25, 0.3) is 0 Å². The molecule has 0 bridgehead atoms. The van der Waals surface area contributed by atoms with Crippen molar-refractivity contribution in [2.75, 3.05) is 7.11 Å². The molecule has 0 aliphatic heterocycles. The van der Waals surface area contributed by atoms with Gasteiger partial charge in [0.25, 0.3) is 0 Å². The van der Waals surface area contributed by atoms with Gasteiger partial charge in [0, 0.05) is 22.7 Å². The van der Waals surface area contributed by atoms with Gasteiger partial charge in [-0.25, -0.2) is 4.39 Å². The van der Waals surface area contributed by atoms with Crippen molar-refractivity contribution in [3.05, 3.63) is 33.8 Å². The smallest absolute Gasteiger partial charge is 0.249 e. The molecule has 0 radical (unpaired) electrons. The number of methoxy groups -OCH3 is 1. The molecule has 1 aromatic carbocycles. The van der Waals surface area contributed by atoms with Gasteiger partial charge in [0.05, 0.1) is 0 Å². The highest BCUT2D eigenvalue weighted by atomic mass is 79.9. The quantitative estimate of drug-likeness (QED) is 0.907. The zero-order valence-electron chi connectivity index (χ0n) is 7.46. The third kappa shape index (κ3) is 2.30. The molecule has 0 saturated carbocycles. The molecule has 1 amide bonds. The number of amides is 1. The monoisotopic (exact) mass is 261 g/mol. The lowest BCUT2D eigenvalue weighted by atomic mass is 10.1. The second kappa shape index (κ2) is 4.52. The molecular formula is C9H9BrFNO2. The van der Waals surface area contributed by atoms with Crippen LogP contribution in [0.4, 0.5) is 4.39 Å². The molecule has 0 spiro atoms. The maximum absolute atomic E-state index is 13.2. The number of hydrogen-bond donors (Lipinski definition) is 1. The Kier molecular flexibility index (Phi) is 3.60. The summed E-state index contributed by atoms with van der Waals surface area (Å²) in [5, 5.41) is 0. The normalized spacial score (nSPS) is 12.5. The predicted molar refractivity (Wildman–Crippen MR) is 53.5 cm³/mol. The van der Waals surface area contributed by atoms with E-state index in [0.29, 0.717) is 4.47 Å². The number of carbonyl (C=O) groups excluding carboxylic acids is 1. The molecule has 1 rings (SSSR count). The summed E-state index contributed by atoms with van der Waals surface area (Å²) in [5.74, 6) is -0.674. The largest absolute Gasteiger partial charge is 0.366 e. The Hall–Kier alpha value is -0.940. The Bertz CT molecular complexity index is 357. The lowest BCUT2D eigenvalue weighted by molar-refractivity contribution is -0.00719. The first kappa shape index (κ1) is 11.1. The third-order valence-electron chi connectivity index (χ3n) is 1.73. The minimum absolute atomic E-state index is 0.127. The maximum atomic E-state index is 13.2. The van der Waals surface area contributed by atoms with Crippen LogP contribution in [-0.2, 0) is 4.74 Å². The van der Waals surface area contributed by atoms with E-state index in [4.69, 9.17) is 5.73 Å². The van der Waals surface area contributed by atoms with E-state index in [2.05, 4.69) is 20.7 Å². The van der Waals surface area contributed by atoms with E-state index in [-0.39, 0.29) is 11.1 Å². The van der Waals surface area contributed by atoms with Crippen LogP contribution in [0.3, 0.4) is 0 Å². The van der Waals surface area contributed by atoms with Gasteiger partial charge in [0.15, 0.2) is 0 Å². The van der Waals surface area contributed by atoms with Crippen LogP contribution in [-0.4, -0.2) is 13.0 Å². The van der Waals surface area contributed by atoms with Crippen LogP contribution in [0.15, 0.2) is 22.7 Å². The fourth-order valence-electron chi connectivity index (χ4n) is 1.07. The van der Waals surface area contributed by atoms with Gasteiger partial charge < -0.3 is 10.5 Å². The molecule has 76 valence electrons. The number of carbonyl (C=O) groups is 1. The van der Waals surface area contributed by atoms with E-state index in [1.807, 2.05) is 0 Å². The van der Waals surface area contributed by atoms with Crippen molar-refractivity contribution in [2.24, 2.45) is 5.73 Å². The van der Waals surface area contributed by atoms with Crippen LogP contribution in [0, 0.1) is 0 Å². The summed E-state index contributed by atoms with van der Waals surface area (Å²) < 4.78 is 18.4. The number of primary amides is 1. The molecule has 1 atom stereocenters. The molecule has 0 saturated heterocycles. The molecular weight excluding hydrogens is 253 g/mol. The summed E-state index contributed by atoms with van der Waals surface area (Å²) in [7, 11) is 1.22. The van der Waals surface area contributed by atoms with E-state index in [0.717, 1.165) is 0 Å². The fraction of sp³-hybridized carbons (Fsp3) is 0.222. The SMILES string of the molecule is COC(F)c1cc(Br)ccc1C(N)=O. The van der Waals surface area contributed by atoms with Crippen molar-refractivity contribution >= 4 is 21.8 Å². The molecule has 0 aliphatic rings. The minimum atomic E-state index is -1.64. The molecule has 0 fully saturated rings. The Morgan fingerprint density at radius 2 is 2.29 bits per heavy atom. The Labute approximate surface area is 89.2 Å². The summed E-state index contributed by atoms with van der Waals surface area (Å²) in [6.45, 7) is 0. The van der Waals surface area contributed by atoms with Crippen molar-refractivity contribution in [3.63, 3.8) is 0 Å². The van der Waals surface area contributed by atoms with E-state index in [9.17, 15) is 9.18 Å².